The quantitative estimate of drug-likeness (QED) is 0.807. The van der Waals surface area contributed by atoms with Crippen molar-refractivity contribution in [2.45, 2.75) is 18.1 Å². The maximum absolute atomic E-state index is 6.15. The predicted octanol–water partition coefficient (Wildman–Crippen LogP) is 3.87. The molecule has 1 aliphatic rings. The minimum absolute atomic E-state index is 0.403. The number of halogens is 2. The average Bonchev–Trinajstić information content (AvgIpc) is 2.25. The van der Waals surface area contributed by atoms with Crippen molar-refractivity contribution in [1.82, 2.24) is 0 Å². The topological polar surface area (TPSA) is 9.23 Å². The van der Waals surface area contributed by atoms with Crippen molar-refractivity contribution in [3.63, 3.8) is 0 Å². The molecule has 1 saturated heterocycles. The highest BCUT2D eigenvalue weighted by atomic mass is 35.5. The second kappa shape index (κ2) is 5.63. The standard InChI is InChI=1S/C12H14Cl2OS/c13-10-2-1-8(11(14)6-10)5-9-7-15-4-3-12(9)16/h1-2,6,9,12,16H,3-5,7H2/t9-,12-/m0/s1. The van der Waals surface area contributed by atoms with Crippen LogP contribution >= 0.6 is 35.8 Å². The number of ether oxygens (including phenoxy) is 1. The molecule has 0 N–H and O–H groups in total. The Morgan fingerprint density at radius 2 is 2.19 bits per heavy atom. The fraction of sp³-hybridized carbons (Fsp3) is 0.500. The summed E-state index contributed by atoms with van der Waals surface area (Å²) in [5, 5.41) is 1.81. The average molecular weight is 277 g/mol. The summed E-state index contributed by atoms with van der Waals surface area (Å²) in [6.45, 7) is 1.59. The molecule has 1 aliphatic heterocycles. The first-order valence-corrected chi connectivity index (χ1v) is 6.64. The summed E-state index contributed by atoms with van der Waals surface area (Å²) < 4.78 is 5.47. The summed E-state index contributed by atoms with van der Waals surface area (Å²) in [6, 6.07) is 5.65. The smallest absolute Gasteiger partial charge is 0.0507 e. The molecule has 0 spiro atoms. The van der Waals surface area contributed by atoms with Gasteiger partial charge in [-0.2, -0.15) is 12.6 Å². The minimum atomic E-state index is 0.403. The number of hydrogen-bond donors (Lipinski definition) is 1. The summed E-state index contributed by atoms with van der Waals surface area (Å²) in [6.07, 6.45) is 1.92. The molecule has 0 saturated carbocycles. The molecular weight excluding hydrogens is 263 g/mol. The van der Waals surface area contributed by atoms with E-state index in [9.17, 15) is 0 Å². The van der Waals surface area contributed by atoms with E-state index in [1.54, 1.807) is 6.07 Å². The molecular formula is C12H14Cl2OS. The van der Waals surface area contributed by atoms with E-state index in [0.29, 0.717) is 16.2 Å². The highest BCUT2D eigenvalue weighted by Crippen LogP contribution is 2.28. The normalized spacial score (nSPS) is 25.7. The van der Waals surface area contributed by atoms with Crippen molar-refractivity contribution >= 4 is 35.8 Å². The number of rotatable bonds is 2. The molecule has 1 aromatic carbocycles. The van der Waals surface area contributed by atoms with Gasteiger partial charge in [-0.15, -0.1) is 0 Å². The predicted molar refractivity (Wildman–Crippen MR) is 71.9 cm³/mol. The van der Waals surface area contributed by atoms with Gasteiger partial charge in [0.1, 0.15) is 0 Å². The van der Waals surface area contributed by atoms with E-state index in [2.05, 4.69) is 12.6 Å². The van der Waals surface area contributed by atoms with Crippen LogP contribution < -0.4 is 0 Å². The van der Waals surface area contributed by atoms with E-state index >= 15 is 0 Å². The van der Waals surface area contributed by atoms with Crippen LogP contribution in [0.5, 0.6) is 0 Å². The molecule has 0 aliphatic carbocycles. The van der Waals surface area contributed by atoms with E-state index < -0.39 is 0 Å². The zero-order valence-corrected chi connectivity index (χ0v) is 11.2. The Kier molecular flexibility index (Phi) is 4.42. The van der Waals surface area contributed by atoms with Crippen LogP contribution in [0.25, 0.3) is 0 Å². The summed E-state index contributed by atoms with van der Waals surface area (Å²) >= 11 is 16.6. The van der Waals surface area contributed by atoms with Gasteiger partial charge in [0.05, 0.1) is 6.61 Å². The van der Waals surface area contributed by atoms with Gasteiger partial charge in [0.2, 0.25) is 0 Å². The first kappa shape index (κ1) is 12.6. The number of thiol groups is 1. The lowest BCUT2D eigenvalue weighted by molar-refractivity contribution is 0.0596. The van der Waals surface area contributed by atoms with Crippen LogP contribution in [-0.4, -0.2) is 18.5 Å². The Balaban J connectivity index is 2.07. The lowest BCUT2D eigenvalue weighted by atomic mass is 9.93. The van der Waals surface area contributed by atoms with E-state index in [1.165, 1.54) is 0 Å². The van der Waals surface area contributed by atoms with Gasteiger partial charge in [-0.05, 0) is 36.5 Å². The van der Waals surface area contributed by atoms with Crippen LogP contribution in [-0.2, 0) is 11.2 Å². The third-order valence-electron chi connectivity index (χ3n) is 2.93. The van der Waals surface area contributed by atoms with E-state index in [-0.39, 0.29) is 0 Å². The van der Waals surface area contributed by atoms with E-state index in [4.69, 9.17) is 27.9 Å². The van der Waals surface area contributed by atoms with Crippen LogP contribution in [0.2, 0.25) is 10.0 Å². The van der Waals surface area contributed by atoms with Gasteiger partial charge in [0.15, 0.2) is 0 Å². The van der Waals surface area contributed by atoms with Crippen molar-refractivity contribution < 1.29 is 4.74 Å². The van der Waals surface area contributed by atoms with E-state index in [0.717, 1.165) is 36.6 Å². The fourth-order valence-electron chi connectivity index (χ4n) is 1.95. The monoisotopic (exact) mass is 276 g/mol. The van der Waals surface area contributed by atoms with Gasteiger partial charge < -0.3 is 4.74 Å². The largest absolute Gasteiger partial charge is 0.381 e. The van der Waals surface area contributed by atoms with Gasteiger partial charge in [-0.25, -0.2) is 0 Å². The highest BCUT2D eigenvalue weighted by Gasteiger charge is 2.23. The van der Waals surface area contributed by atoms with Crippen LogP contribution in [0.4, 0.5) is 0 Å². The maximum atomic E-state index is 6.15. The summed E-state index contributed by atoms with van der Waals surface area (Å²) in [7, 11) is 0. The second-order valence-electron chi connectivity index (χ2n) is 4.13. The summed E-state index contributed by atoms with van der Waals surface area (Å²) in [4.78, 5) is 0. The second-order valence-corrected chi connectivity index (χ2v) is 5.64. The Bertz CT molecular complexity index is 370. The fourth-order valence-corrected chi connectivity index (χ4v) is 2.73. The van der Waals surface area contributed by atoms with Gasteiger partial charge in [0.25, 0.3) is 0 Å². The van der Waals surface area contributed by atoms with Crippen molar-refractivity contribution in [3.05, 3.63) is 33.8 Å². The number of hydrogen-bond acceptors (Lipinski definition) is 2. The molecule has 4 heteroatoms. The van der Waals surface area contributed by atoms with Crippen molar-refractivity contribution in [2.24, 2.45) is 5.92 Å². The Morgan fingerprint density at radius 3 is 2.88 bits per heavy atom. The SMILES string of the molecule is S[C@H]1CCOC[C@@H]1Cc1ccc(Cl)cc1Cl. The minimum Gasteiger partial charge on any atom is -0.381 e. The third-order valence-corrected chi connectivity index (χ3v) is 4.20. The van der Waals surface area contributed by atoms with Gasteiger partial charge in [-0.1, -0.05) is 29.3 Å². The van der Waals surface area contributed by atoms with Crippen LogP contribution in [0.3, 0.4) is 0 Å². The highest BCUT2D eigenvalue weighted by molar-refractivity contribution is 7.81. The summed E-state index contributed by atoms with van der Waals surface area (Å²) in [5.74, 6) is 0.441. The molecule has 0 amide bonds. The Morgan fingerprint density at radius 1 is 1.38 bits per heavy atom. The summed E-state index contributed by atoms with van der Waals surface area (Å²) in [5.41, 5.74) is 1.13. The van der Waals surface area contributed by atoms with Gasteiger partial charge in [0, 0.05) is 21.9 Å². The lowest BCUT2D eigenvalue weighted by Crippen LogP contribution is -2.29. The lowest BCUT2D eigenvalue weighted by Gasteiger charge is -2.28. The molecule has 0 bridgehead atoms. The van der Waals surface area contributed by atoms with E-state index in [1.807, 2.05) is 12.1 Å². The zero-order chi connectivity index (χ0) is 11.5. The third kappa shape index (κ3) is 3.07. The molecule has 2 rings (SSSR count). The van der Waals surface area contributed by atoms with Crippen molar-refractivity contribution in [1.29, 1.82) is 0 Å². The Labute approximate surface area is 111 Å². The van der Waals surface area contributed by atoms with Crippen LogP contribution in [0.1, 0.15) is 12.0 Å². The van der Waals surface area contributed by atoms with Crippen LogP contribution in [0.15, 0.2) is 18.2 Å². The van der Waals surface area contributed by atoms with Crippen molar-refractivity contribution in [3.8, 4) is 0 Å². The molecule has 1 fully saturated rings. The molecule has 16 heavy (non-hydrogen) atoms. The van der Waals surface area contributed by atoms with Crippen LogP contribution in [0, 0.1) is 5.92 Å². The number of benzene rings is 1. The van der Waals surface area contributed by atoms with Crippen molar-refractivity contribution in [2.75, 3.05) is 13.2 Å². The maximum Gasteiger partial charge on any atom is 0.0507 e. The first-order valence-electron chi connectivity index (χ1n) is 5.36. The van der Waals surface area contributed by atoms with Gasteiger partial charge in [-0.3, -0.25) is 0 Å². The first-order chi connectivity index (χ1) is 7.66. The molecule has 0 aromatic heterocycles. The van der Waals surface area contributed by atoms with Gasteiger partial charge >= 0.3 is 0 Å². The molecule has 2 atom stereocenters. The zero-order valence-electron chi connectivity index (χ0n) is 8.83. The molecule has 1 aromatic rings. The molecule has 1 nitrogen and oxygen atoms in total. The molecule has 1 heterocycles. The molecule has 0 radical (unpaired) electrons. The molecule has 88 valence electrons. The Hall–Kier alpha value is 0.110. The molecule has 0 unspecified atom stereocenters.